The van der Waals surface area contributed by atoms with Gasteiger partial charge in [0.25, 0.3) is 5.91 Å². The van der Waals surface area contributed by atoms with Crippen molar-refractivity contribution in [3.05, 3.63) is 87.9 Å². The Kier molecular flexibility index (Phi) is 7.92. The lowest BCUT2D eigenvalue weighted by Crippen LogP contribution is -2.24. The topological polar surface area (TPSA) is 87.9 Å². The molecule has 3 heterocycles. The molecule has 0 saturated heterocycles. The Morgan fingerprint density at radius 1 is 1.22 bits per heavy atom. The molecule has 1 atom stereocenters. The zero-order valence-electron chi connectivity index (χ0n) is 21.4. The number of nitrogens with one attached hydrogen (secondary N) is 1. The van der Waals surface area contributed by atoms with E-state index in [4.69, 9.17) is 9.72 Å². The Bertz CT molecular complexity index is 1390. The van der Waals surface area contributed by atoms with E-state index in [2.05, 4.69) is 50.1 Å². The zero-order chi connectivity index (χ0) is 25.7. The number of amides is 1. The van der Waals surface area contributed by atoms with Crippen molar-refractivity contribution in [2.24, 2.45) is 0 Å². The molecule has 0 bridgehead atoms. The van der Waals surface area contributed by atoms with Gasteiger partial charge in [0.05, 0.1) is 48.7 Å². The molecular formula is C30H32N4O2. The maximum absolute atomic E-state index is 12.9. The summed E-state index contributed by atoms with van der Waals surface area (Å²) in [6.07, 6.45) is 6.21. The lowest BCUT2D eigenvalue weighted by molar-refractivity contribution is 0.0945. The number of allylic oxidation sites excluding steroid dienone is 4. The van der Waals surface area contributed by atoms with Gasteiger partial charge in [-0.2, -0.15) is 5.26 Å². The first-order chi connectivity index (χ1) is 17.4. The van der Waals surface area contributed by atoms with E-state index in [0.29, 0.717) is 18.8 Å². The van der Waals surface area contributed by atoms with Crippen LogP contribution >= 0.6 is 0 Å². The molecule has 2 aromatic heterocycles. The van der Waals surface area contributed by atoms with Gasteiger partial charge in [-0.3, -0.25) is 9.78 Å². The number of ether oxygens (including phenoxy) is 1. The maximum atomic E-state index is 12.9. The van der Waals surface area contributed by atoms with E-state index in [1.54, 1.807) is 18.3 Å². The minimum Gasteiger partial charge on any atom is -0.375 e. The molecule has 1 aliphatic heterocycles. The highest BCUT2D eigenvalue weighted by molar-refractivity contribution is 5.94. The predicted octanol–water partition coefficient (Wildman–Crippen LogP) is 6.24. The van der Waals surface area contributed by atoms with Crippen LogP contribution in [-0.4, -0.2) is 22.5 Å². The number of pyridine rings is 2. The van der Waals surface area contributed by atoms with Crippen LogP contribution in [0.3, 0.4) is 0 Å². The molecule has 0 fully saturated rings. The number of nitriles is 1. The van der Waals surface area contributed by atoms with Gasteiger partial charge in [0, 0.05) is 17.1 Å². The second kappa shape index (κ2) is 11.3. The fourth-order valence-corrected chi connectivity index (χ4v) is 4.44. The summed E-state index contributed by atoms with van der Waals surface area (Å²) in [6.45, 7) is 9.67. The number of hydrogen-bond acceptors (Lipinski definition) is 5. The summed E-state index contributed by atoms with van der Waals surface area (Å²) in [6, 6.07) is 13.7. The molecule has 1 unspecified atom stereocenters. The molecule has 0 spiro atoms. The lowest BCUT2D eigenvalue weighted by atomic mass is 9.92. The summed E-state index contributed by atoms with van der Waals surface area (Å²) in [7, 11) is 0. The predicted molar refractivity (Wildman–Crippen MR) is 142 cm³/mol. The van der Waals surface area contributed by atoms with E-state index in [-0.39, 0.29) is 18.4 Å². The van der Waals surface area contributed by atoms with Crippen molar-refractivity contribution in [1.29, 1.82) is 5.26 Å². The van der Waals surface area contributed by atoms with Crippen LogP contribution < -0.4 is 5.32 Å². The summed E-state index contributed by atoms with van der Waals surface area (Å²) in [5, 5.41) is 13.3. The Labute approximate surface area is 212 Å². The van der Waals surface area contributed by atoms with Crippen molar-refractivity contribution >= 4 is 22.4 Å². The number of benzene rings is 1. The van der Waals surface area contributed by atoms with E-state index in [0.717, 1.165) is 51.8 Å². The first kappa shape index (κ1) is 25.3. The molecule has 0 saturated carbocycles. The summed E-state index contributed by atoms with van der Waals surface area (Å²) in [5.74, 6) is -0.553. The number of hydrogen-bond donors (Lipinski definition) is 1. The molecule has 3 aromatic rings. The highest BCUT2D eigenvalue weighted by Gasteiger charge is 2.22. The highest BCUT2D eigenvalue weighted by Crippen LogP contribution is 2.27. The fourth-order valence-electron chi connectivity index (χ4n) is 4.44. The third kappa shape index (κ3) is 5.69. The molecule has 6 nitrogen and oxygen atoms in total. The van der Waals surface area contributed by atoms with Crippen molar-refractivity contribution in [1.82, 2.24) is 15.3 Å². The van der Waals surface area contributed by atoms with Crippen LogP contribution in [0.15, 0.2) is 59.8 Å². The minimum atomic E-state index is -0.352. The first-order valence-electron chi connectivity index (χ1n) is 12.4. The Balaban J connectivity index is 1.53. The summed E-state index contributed by atoms with van der Waals surface area (Å²) in [5.41, 5.74) is 8.56. The van der Waals surface area contributed by atoms with Crippen LogP contribution in [0.4, 0.5) is 0 Å². The minimum absolute atomic E-state index is 0.201. The van der Waals surface area contributed by atoms with Gasteiger partial charge < -0.3 is 10.1 Å². The Morgan fingerprint density at radius 3 is 2.81 bits per heavy atom. The number of nitrogens with zero attached hydrogens (tertiary/aromatic N) is 3. The van der Waals surface area contributed by atoms with Gasteiger partial charge in [-0.25, -0.2) is 4.98 Å². The molecule has 0 aliphatic carbocycles. The van der Waals surface area contributed by atoms with Crippen molar-refractivity contribution < 1.29 is 9.53 Å². The molecule has 6 heteroatoms. The number of aromatic nitrogens is 2. The largest absolute Gasteiger partial charge is 0.375 e. The Hall–Kier alpha value is -3.82. The lowest BCUT2D eigenvalue weighted by Gasteiger charge is -2.21. The van der Waals surface area contributed by atoms with Crippen LogP contribution in [-0.2, 0) is 17.9 Å². The Morgan fingerprint density at radius 2 is 2.06 bits per heavy atom. The molecular weight excluding hydrogens is 448 g/mol. The molecule has 36 heavy (non-hydrogen) atoms. The van der Waals surface area contributed by atoms with Gasteiger partial charge in [-0.15, -0.1) is 0 Å². The molecule has 4 rings (SSSR count). The number of carbonyl (C=O) groups excluding carboxylic acids is 1. The number of carbonyl (C=O) groups is 1. The molecule has 1 N–H and O–H groups in total. The van der Waals surface area contributed by atoms with E-state index >= 15 is 0 Å². The van der Waals surface area contributed by atoms with Crippen LogP contribution in [0, 0.1) is 11.3 Å². The molecule has 0 radical (unpaired) electrons. The SMILES string of the molecule is CCC/C(C)=C\C(=C(C)C)c1ccc2cnc(CNC(=O)c3ccc4c(c3)C(C#N)COC4)cc2n1. The van der Waals surface area contributed by atoms with Crippen LogP contribution in [0.1, 0.15) is 79.3 Å². The average Bonchev–Trinajstić information content (AvgIpc) is 2.89. The van der Waals surface area contributed by atoms with E-state index in [1.165, 1.54) is 11.1 Å². The molecule has 1 aromatic carbocycles. The maximum Gasteiger partial charge on any atom is 0.251 e. The van der Waals surface area contributed by atoms with Crippen LogP contribution in [0.5, 0.6) is 0 Å². The van der Waals surface area contributed by atoms with Gasteiger partial charge in [0.1, 0.15) is 0 Å². The van der Waals surface area contributed by atoms with E-state index in [1.807, 2.05) is 24.3 Å². The highest BCUT2D eigenvalue weighted by atomic mass is 16.5. The molecule has 1 amide bonds. The summed E-state index contributed by atoms with van der Waals surface area (Å²) >= 11 is 0. The fraction of sp³-hybridized carbons (Fsp3) is 0.333. The van der Waals surface area contributed by atoms with Crippen LogP contribution in [0.2, 0.25) is 0 Å². The average molecular weight is 481 g/mol. The van der Waals surface area contributed by atoms with Gasteiger partial charge >= 0.3 is 0 Å². The zero-order valence-corrected chi connectivity index (χ0v) is 21.4. The normalized spacial score (nSPS) is 15.2. The van der Waals surface area contributed by atoms with Gasteiger partial charge in [0.15, 0.2) is 0 Å². The molecule has 184 valence electrons. The first-order valence-corrected chi connectivity index (χ1v) is 12.4. The van der Waals surface area contributed by atoms with Crippen molar-refractivity contribution in [3.63, 3.8) is 0 Å². The van der Waals surface area contributed by atoms with Gasteiger partial charge in [0.2, 0.25) is 0 Å². The summed E-state index contributed by atoms with van der Waals surface area (Å²) in [4.78, 5) is 22.3. The van der Waals surface area contributed by atoms with E-state index < -0.39 is 0 Å². The third-order valence-electron chi connectivity index (χ3n) is 6.39. The van der Waals surface area contributed by atoms with Crippen molar-refractivity contribution in [2.45, 2.75) is 59.6 Å². The van der Waals surface area contributed by atoms with Gasteiger partial charge in [-0.1, -0.05) is 36.6 Å². The third-order valence-corrected chi connectivity index (χ3v) is 6.39. The number of rotatable bonds is 7. The summed E-state index contributed by atoms with van der Waals surface area (Å²) < 4.78 is 5.46. The van der Waals surface area contributed by atoms with E-state index in [9.17, 15) is 10.1 Å². The standard InChI is InChI=1S/C30H32N4O2/c1-5-6-20(4)11-26(19(2)3)28-10-9-22-15-32-25(13-29(22)34-28)16-33-30(35)21-7-8-23-17-36-18-24(14-31)27(23)12-21/h7-13,15,24H,5-6,16-18H2,1-4H3,(H,33,35)/b20-11-. The monoisotopic (exact) mass is 480 g/mol. The number of fused-ring (bicyclic) bond motifs is 2. The quantitative estimate of drug-likeness (QED) is 0.405. The second-order valence-electron chi connectivity index (χ2n) is 9.51. The molecule has 1 aliphatic rings. The van der Waals surface area contributed by atoms with Crippen molar-refractivity contribution in [3.8, 4) is 6.07 Å². The van der Waals surface area contributed by atoms with Crippen molar-refractivity contribution in [2.75, 3.05) is 6.61 Å². The van der Waals surface area contributed by atoms with Crippen LogP contribution in [0.25, 0.3) is 16.5 Å². The van der Waals surface area contributed by atoms with Gasteiger partial charge in [-0.05, 0) is 74.2 Å². The smallest absolute Gasteiger partial charge is 0.251 e. The second-order valence-corrected chi connectivity index (χ2v) is 9.51.